The molecular weight excluding hydrogens is 418 g/mol. The normalized spacial score (nSPS) is 11.8. The van der Waals surface area contributed by atoms with Crippen LogP contribution >= 0.6 is 0 Å². The van der Waals surface area contributed by atoms with Crippen molar-refractivity contribution in [3.05, 3.63) is 138 Å². The Hall–Kier alpha value is -4.50. The van der Waals surface area contributed by atoms with Crippen molar-refractivity contribution in [2.24, 2.45) is 0 Å². The molecule has 1 heterocycles. The number of aryl methyl sites for hydroxylation is 1. The van der Waals surface area contributed by atoms with Crippen molar-refractivity contribution < 1.29 is 9.90 Å². The second kappa shape index (κ2) is 9.16. The van der Waals surface area contributed by atoms with Gasteiger partial charge in [0.25, 0.3) is 0 Å². The number of pyridine rings is 1. The summed E-state index contributed by atoms with van der Waals surface area (Å²) in [6.07, 6.45) is 0. The SMILES string of the molecule is Cc1cccc2ccc(/C(C(=O)c3ccccc3-c3ccccc3)=C(/O)c3ccccc3)nc12. The van der Waals surface area contributed by atoms with E-state index in [0.29, 0.717) is 16.8 Å². The monoisotopic (exact) mass is 441 g/mol. The third kappa shape index (κ3) is 4.00. The number of allylic oxidation sites excluding steroid dienone is 1. The van der Waals surface area contributed by atoms with Gasteiger partial charge in [-0.05, 0) is 29.7 Å². The van der Waals surface area contributed by atoms with E-state index in [2.05, 4.69) is 0 Å². The van der Waals surface area contributed by atoms with Gasteiger partial charge in [-0.25, -0.2) is 4.98 Å². The van der Waals surface area contributed by atoms with E-state index in [1.165, 1.54) is 0 Å². The highest BCUT2D eigenvalue weighted by Crippen LogP contribution is 2.32. The summed E-state index contributed by atoms with van der Waals surface area (Å²) in [5.74, 6) is -0.366. The van der Waals surface area contributed by atoms with Crippen LogP contribution < -0.4 is 0 Å². The van der Waals surface area contributed by atoms with Crippen LogP contribution in [-0.4, -0.2) is 15.9 Å². The van der Waals surface area contributed by atoms with E-state index in [4.69, 9.17) is 4.98 Å². The van der Waals surface area contributed by atoms with Crippen molar-refractivity contribution in [2.45, 2.75) is 6.92 Å². The number of benzene rings is 4. The minimum Gasteiger partial charge on any atom is -0.506 e. The fourth-order valence-corrected chi connectivity index (χ4v) is 4.21. The number of Topliss-reactive ketones (excluding diaryl/α,β-unsaturated/α-hetero) is 1. The van der Waals surface area contributed by atoms with Crippen molar-refractivity contribution in [1.29, 1.82) is 0 Å². The highest BCUT2D eigenvalue weighted by atomic mass is 16.3. The minimum atomic E-state index is -0.277. The van der Waals surface area contributed by atoms with Crippen LogP contribution in [0.25, 0.3) is 33.4 Å². The molecular formula is C31H23NO2. The molecule has 34 heavy (non-hydrogen) atoms. The molecule has 0 unspecified atom stereocenters. The molecule has 5 aromatic rings. The predicted octanol–water partition coefficient (Wildman–Crippen LogP) is 7.52. The number of fused-ring (bicyclic) bond motifs is 1. The van der Waals surface area contributed by atoms with E-state index in [0.717, 1.165) is 27.6 Å². The van der Waals surface area contributed by atoms with Crippen molar-refractivity contribution in [3.8, 4) is 11.1 Å². The van der Waals surface area contributed by atoms with Crippen molar-refractivity contribution >= 4 is 28.0 Å². The minimum absolute atomic E-state index is 0.0890. The van der Waals surface area contributed by atoms with Crippen LogP contribution in [-0.2, 0) is 0 Å². The maximum absolute atomic E-state index is 14.1. The summed E-state index contributed by atoms with van der Waals surface area (Å²) in [7, 11) is 0. The second-order valence-corrected chi connectivity index (χ2v) is 8.17. The van der Waals surface area contributed by atoms with Crippen molar-refractivity contribution in [3.63, 3.8) is 0 Å². The Labute approximate surface area is 198 Å². The maximum atomic E-state index is 14.1. The van der Waals surface area contributed by atoms with E-state index in [-0.39, 0.29) is 17.1 Å². The van der Waals surface area contributed by atoms with Gasteiger partial charge in [-0.2, -0.15) is 0 Å². The van der Waals surface area contributed by atoms with Gasteiger partial charge in [-0.1, -0.05) is 109 Å². The van der Waals surface area contributed by atoms with Gasteiger partial charge in [0.2, 0.25) is 0 Å². The van der Waals surface area contributed by atoms with E-state index in [9.17, 15) is 9.90 Å². The first kappa shape index (κ1) is 21.4. The molecule has 0 saturated carbocycles. The Morgan fingerprint density at radius 2 is 1.38 bits per heavy atom. The molecule has 0 spiro atoms. The van der Waals surface area contributed by atoms with E-state index in [1.54, 1.807) is 24.3 Å². The molecule has 0 fully saturated rings. The standard InChI is InChI=1S/C31H23NO2/c1-21-11-10-16-23-19-20-27(32-29(21)23)28(30(33)24-14-6-3-7-15-24)31(34)26-18-9-8-17-25(26)22-12-4-2-5-13-22/h2-20,33H,1H3/b30-28-. The van der Waals surface area contributed by atoms with Crippen LogP contribution in [0.3, 0.4) is 0 Å². The van der Waals surface area contributed by atoms with Crippen LogP contribution in [0.2, 0.25) is 0 Å². The second-order valence-electron chi connectivity index (χ2n) is 8.17. The highest BCUT2D eigenvalue weighted by molar-refractivity contribution is 6.34. The van der Waals surface area contributed by atoms with Gasteiger partial charge >= 0.3 is 0 Å². The Morgan fingerprint density at radius 3 is 2.15 bits per heavy atom. The molecule has 3 heteroatoms. The number of carbonyl (C=O) groups is 1. The molecule has 164 valence electrons. The van der Waals surface area contributed by atoms with Crippen molar-refractivity contribution in [2.75, 3.05) is 0 Å². The quantitative estimate of drug-likeness (QED) is 0.174. The summed E-state index contributed by atoms with van der Waals surface area (Å²) in [5.41, 5.74) is 5.26. The van der Waals surface area contributed by atoms with Crippen LogP contribution in [0, 0.1) is 6.92 Å². The number of aliphatic hydroxyl groups is 1. The lowest BCUT2D eigenvalue weighted by atomic mass is 9.90. The highest BCUT2D eigenvalue weighted by Gasteiger charge is 2.24. The molecule has 4 aromatic carbocycles. The number of hydrogen-bond acceptors (Lipinski definition) is 3. The summed E-state index contributed by atoms with van der Waals surface area (Å²) < 4.78 is 0. The Balaban J connectivity index is 1.75. The number of aliphatic hydroxyl groups excluding tert-OH is 1. The van der Waals surface area contributed by atoms with Gasteiger partial charge in [-0.3, -0.25) is 4.79 Å². The van der Waals surface area contributed by atoms with Gasteiger partial charge in [0, 0.05) is 16.5 Å². The molecule has 1 aromatic heterocycles. The Bertz CT molecular complexity index is 1520. The molecule has 3 nitrogen and oxygen atoms in total. The van der Waals surface area contributed by atoms with E-state index in [1.807, 2.05) is 97.9 Å². The van der Waals surface area contributed by atoms with Crippen molar-refractivity contribution in [1.82, 2.24) is 4.98 Å². The zero-order valence-electron chi connectivity index (χ0n) is 18.8. The molecule has 0 aliphatic rings. The summed E-state index contributed by atoms with van der Waals surface area (Å²) in [4.78, 5) is 18.9. The zero-order chi connectivity index (χ0) is 23.5. The summed E-state index contributed by atoms with van der Waals surface area (Å²) in [6, 6.07) is 36.1. The summed E-state index contributed by atoms with van der Waals surface area (Å²) in [6.45, 7) is 1.99. The molecule has 0 bridgehead atoms. The van der Waals surface area contributed by atoms with E-state index >= 15 is 0 Å². The summed E-state index contributed by atoms with van der Waals surface area (Å²) >= 11 is 0. The topological polar surface area (TPSA) is 50.2 Å². The van der Waals surface area contributed by atoms with Gasteiger partial charge in [0.15, 0.2) is 5.78 Å². The third-order valence-electron chi connectivity index (χ3n) is 5.95. The first-order valence-corrected chi connectivity index (χ1v) is 11.2. The largest absolute Gasteiger partial charge is 0.506 e. The number of hydrogen-bond donors (Lipinski definition) is 1. The first-order chi connectivity index (χ1) is 16.6. The average molecular weight is 442 g/mol. The summed E-state index contributed by atoms with van der Waals surface area (Å²) in [5, 5.41) is 12.4. The van der Waals surface area contributed by atoms with Gasteiger partial charge in [0.05, 0.1) is 16.8 Å². The average Bonchev–Trinajstić information content (AvgIpc) is 2.90. The molecule has 0 amide bonds. The third-order valence-corrected chi connectivity index (χ3v) is 5.95. The lowest BCUT2D eigenvalue weighted by Gasteiger charge is -2.14. The molecule has 0 aliphatic heterocycles. The number of carbonyl (C=O) groups excluding carboxylic acids is 1. The van der Waals surface area contributed by atoms with Crippen LogP contribution in [0.1, 0.15) is 27.2 Å². The van der Waals surface area contributed by atoms with Crippen LogP contribution in [0.15, 0.2) is 115 Å². The van der Waals surface area contributed by atoms with Crippen LogP contribution in [0.5, 0.6) is 0 Å². The number of para-hydroxylation sites is 1. The molecule has 0 saturated heterocycles. The molecule has 0 radical (unpaired) electrons. The fraction of sp³-hybridized carbons (Fsp3) is 0.0323. The number of rotatable bonds is 5. The molecule has 1 N–H and O–H groups in total. The van der Waals surface area contributed by atoms with Crippen LogP contribution in [0.4, 0.5) is 0 Å². The molecule has 5 rings (SSSR count). The first-order valence-electron chi connectivity index (χ1n) is 11.2. The van der Waals surface area contributed by atoms with Gasteiger partial charge in [-0.15, -0.1) is 0 Å². The van der Waals surface area contributed by atoms with Gasteiger partial charge < -0.3 is 5.11 Å². The smallest absolute Gasteiger partial charge is 0.199 e. The molecule has 0 atom stereocenters. The predicted molar refractivity (Wildman–Crippen MR) is 139 cm³/mol. The lowest BCUT2D eigenvalue weighted by Crippen LogP contribution is -2.09. The number of nitrogens with zero attached hydrogens (tertiary/aromatic N) is 1. The Morgan fingerprint density at radius 1 is 0.706 bits per heavy atom. The van der Waals surface area contributed by atoms with E-state index < -0.39 is 0 Å². The number of ketones is 1. The molecule has 0 aliphatic carbocycles. The maximum Gasteiger partial charge on any atom is 0.199 e. The Kier molecular flexibility index (Phi) is 5.75. The number of aromatic nitrogens is 1. The lowest BCUT2D eigenvalue weighted by molar-refractivity contribution is 0.105. The fourth-order valence-electron chi connectivity index (χ4n) is 4.21. The zero-order valence-corrected chi connectivity index (χ0v) is 18.8. The van der Waals surface area contributed by atoms with Gasteiger partial charge in [0.1, 0.15) is 5.76 Å².